The van der Waals surface area contributed by atoms with Gasteiger partial charge in [-0.2, -0.15) is 5.10 Å². The molecule has 0 saturated carbocycles. The molecule has 0 radical (unpaired) electrons. The molecule has 0 unspecified atom stereocenters. The maximum atomic E-state index is 12.1. The van der Waals surface area contributed by atoms with Crippen molar-refractivity contribution in [3.8, 4) is 0 Å². The van der Waals surface area contributed by atoms with Crippen LogP contribution in [-0.4, -0.2) is 24.2 Å². The van der Waals surface area contributed by atoms with Crippen LogP contribution >= 0.6 is 0 Å². The zero-order valence-corrected chi connectivity index (χ0v) is 18.8. The number of nitrogens with one attached hydrogen (secondary N) is 1. The zero-order chi connectivity index (χ0) is 21.7. The van der Waals surface area contributed by atoms with Gasteiger partial charge in [-0.05, 0) is 74.9 Å². The van der Waals surface area contributed by atoms with Gasteiger partial charge in [0.25, 0.3) is 0 Å². The summed E-state index contributed by atoms with van der Waals surface area (Å²) in [6.45, 7) is 12.0. The van der Waals surface area contributed by atoms with Crippen LogP contribution in [0.25, 0.3) is 5.57 Å². The van der Waals surface area contributed by atoms with E-state index in [-0.39, 0.29) is 11.4 Å². The third-order valence-corrected chi connectivity index (χ3v) is 5.69. The average Bonchev–Trinajstić information content (AvgIpc) is 2.71. The van der Waals surface area contributed by atoms with Gasteiger partial charge in [0, 0.05) is 24.2 Å². The number of rotatable bonds is 7. The molecular weight excluding hydrogens is 370 g/mol. The summed E-state index contributed by atoms with van der Waals surface area (Å²) >= 11 is 0. The topological polar surface area (TPSA) is 44.7 Å². The number of hydrogen-bond donors (Lipinski definition) is 1. The number of anilines is 1. The first-order valence-corrected chi connectivity index (χ1v) is 10.8. The van der Waals surface area contributed by atoms with Gasteiger partial charge in [-0.25, -0.2) is 5.43 Å². The van der Waals surface area contributed by atoms with Crippen LogP contribution in [0.1, 0.15) is 62.8 Å². The van der Waals surface area contributed by atoms with Crippen LogP contribution in [0, 0.1) is 6.92 Å². The van der Waals surface area contributed by atoms with E-state index >= 15 is 0 Å². The minimum atomic E-state index is -0.0716. The Hall–Kier alpha value is -2.88. The number of nitrogens with zero attached hydrogens (tertiary/aromatic N) is 2. The average molecular weight is 404 g/mol. The number of aryl methyl sites for hydroxylation is 2. The molecule has 0 saturated heterocycles. The van der Waals surface area contributed by atoms with Crippen LogP contribution in [0.5, 0.6) is 0 Å². The lowest BCUT2D eigenvalue weighted by Crippen LogP contribution is -2.45. The highest BCUT2D eigenvalue weighted by molar-refractivity contribution is 5.90. The maximum Gasteiger partial charge on any atom is 0.240 e. The Kier molecular flexibility index (Phi) is 6.76. The fourth-order valence-corrected chi connectivity index (χ4v) is 4.15. The third-order valence-electron chi connectivity index (χ3n) is 5.69. The van der Waals surface area contributed by atoms with E-state index in [0.717, 1.165) is 29.7 Å². The summed E-state index contributed by atoms with van der Waals surface area (Å²) in [5, 5.41) is 4.21. The van der Waals surface area contributed by atoms with Crippen molar-refractivity contribution in [2.75, 3.05) is 11.4 Å². The molecule has 30 heavy (non-hydrogen) atoms. The number of carbonyl (C=O) groups excluding carboxylic acids is 1. The van der Waals surface area contributed by atoms with Gasteiger partial charge in [0.1, 0.15) is 0 Å². The Balaban J connectivity index is 1.71. The van der Waals surface area contributed by atoms with Gasteiger partial charge < -0.3 is 4.90 Å². The highest BCUT2D eigenvalue weighted by Crippen LogP contribution is 2.40. The van der Waals surface area contributed by atoms with Crippen molar-refractivity contribution in [3.63, 3.8) is 0 Å². The van der Waals surface area contributed by atoms with Crippen LogP contribution in [0.4, 0.5) is 5.69 Å². The van der Waals surface area contributed by atoms with Gasteiger partial charge >= 0.3 is 0 Å². The zero-order valence-electron chi connectivity index (χ0n) is 18.8. The molecule has 1 aliphatic rings. The van der Waals surface area contributed by atoms with Gasteiger partial charge in [-0.3, -0.25) is 4.79 Å². The molecule has 0 fully saturated rings. The summed E-state index contributed by atoms with van der Waals surface area (Å²) in [6.07, 6.45) is 6.34. The van der Waals surface area contributed by atoms with E-state index in [4.69, 9.17) is 0 Å². The molecule has 0 spiro atoms. The molecule has 0 atom stereocenters. The molecule has 1 N–H and O–H groups in total. The van der Waals surface area contributed by atoms with Crippen molar-refractivity contribution in [2.45, 2.75) is 59.4 Å². The predicted octanol–water partition coefficient (Wildman–Crippen LogP) is 5.49. The van der Waals surface area contributed by atoms with Crippen molar-refractivity contribution < 1.29 is 4.79 Å². The van der Waals surface area contributed by atoms with Gasteiger partial charge in [0.15, 0.2) is 0 Å². The lowest BCUT2D eigenvalue weighted by atomic mass is 9.87. The first-order valence-electron chi connectivity index (χ1n) is 10.8. The Morgan fingerprint density at radius 2 is 1.90 bits per heavy atom. The summed E-state index contributed by atoms with van der Waals surface area (Å²) < 4.78 is 0. The van der Waals surface area contributed by atoms with E-state index in [0.29, 0.717) is 12.8 Å². The van der Waals surface area contributed by atoms with E-state index < -0.39 is 0 Å². The van der Waals surface area contributed by atoms with Crippen molar-refractivity contribution in [2.24, 2.45) is 5.10 Å². The fourth-order valence-electron chi connectivity index (χ4n) is 4.15. The van der Waals surface area contributed by atoms with Crippen LogP contribution < -0.4 is 10.3 Å². The number of hydrazone groups is 1. The molecule has 1 aliphatic heterocycles. The Morgan fingerprint density at radius 3 is 2.60 bits per heavy atom. The molecule has 0 bridgehead atoms. The first kappa shape index (κ1) is 21.8. The quantitative estimate of drug-likeness (QED) is 0.491. The lowest BCUT2D eigenvalue weighted by Gasteiger charge is -2.43. The summed E-state index contributed by atoms with van der Waals surface area (Å²) in [4.78, 5) is 14.6. The summed E-state index contributed by atoms with van der Waals surface area (Å²) in [6, 6.07) is 14.5. The van der Waals surface area contributed by atoms with Crippen molar-refractivity contribution >= 4 is 23.4 Å². The van der Waals surface area contributed by atoms with Crippen LogP contribution in [0.2, 0.25) is 0 Å². The molecule has 2 aromatic rings. The molecule has 1 heterocycles. The smallest absolute Gasteiger partial charge is 0.240 e. The van der Waals surface area contributed by atoms with Gasteiger partial charge in [-0.15, -0.1) is 0 Å². The molecule has 2 aromatic carbocycles. The van der Waals surface area contributed by atoms with E-state index in [1.54, 1.807) is 6.21 Å². The second-order valence-electron chi connectivity index (χ2n) is 8.64. The van der Waals surface area contributed by atoms with Gasteiger partial charge in [-0.1, -0.05) is 43.3 Å². The number of carbonyl (C=O) groups is 1. The molecule has 4 heteroatoms. The highest BCUT2D eigenvalue weighted by atomic mass is 16.2. The monoisotopic (exact) mass is 403 g/mol. The fraction of sp³-hybridized carbons (Fsp3) is 0.385. The SMILES string of the molecule is CCCN1c2cc(C)c(/C=N/NC(=O)CCc3ccccc3)cc2C(C)=CC1(C)C. The Bertz CT molecular complexity index is 958. The maximum absolute atomic E-state index is 12.1. The lowest BCUT2D eigenvalue weighted by molar-refractivity contribution is -0.121. The van der Waals surface area contributed by atoms with E-state index in [2.05, 4.69) is 68.3 Å². The number of hydrogen-bond acceptors (Lipinski definition) is 3. The second-order valence-corrected chi connectivity index (χ2v) is 8.64. The van der Waals surface area contributed by atoms with Gasteiger partial charge in [0.05, 0.1) is 11.8 Å². The number of allylic oxidation sites excluding steroid dienone is 1. The largest absolute Gasteiger partial charge is 0.362 e. The molecule has 4 nitrogen and oxygen atoms in total. The third kappa shape index (κ3) is 4.99. The number of fused-ring (bicyclic) bond motifs is 1. The predicted molar refractivity (Wildman–Crippen MR) is 127 cm³/mol. The molecule has 0 aliphatic carbocycles. The van der Waals surface area contributed by atoms with Crippen molar-refractivity contribution in [1.29, 1.82) is 0 Å². The number of amides is 1. The minimum Gasteiger partial charge on any atom is -0.362 e. The summed E-state index contributed by atoms with van der Waals surface area (Å²) in [5.41, 5.74) is 9.81. The molecular formula is C26H33N3O. The van der Waals surface area contributed by atoms with E-state index in [1.165, 1.54) is 16.8 Å². The second kappa shape index (κ2) is 9.29. The van der Waals surface area contributed by atoms with Crippen LogP contribution in [0.3, 0.4) is 0 Å². The van der Waals surface area contributed by atoms with Crippen LogP contribution in [0.15, 0.2) is 53.6 Å². The molecule has 0 aromatic heterocycles. The van der Waals surface area contributed by atoms with E-state index in [1.807, 2.05) is 30.3 Å². The highest BCUT2D eigenvalue weighted by Gasteiger charge is 2.31. The van der Waals surface area contributed by atoms with Crippen molar-refractivity contribution in [1.82, 2.24) is 5.43 Å². The molecule has 1 amide bonds. The van der Waals surface area contributed by atoms with Crippen LogP contribution in [-0.2, 0) is 11.2 Å². The van der Waals surface area contributed by atoms with Crippen molar-refractivity contribution in [3.05, 3.63) is 70.8 Å². The minimum absolute atomic E-state index is 0.00185. The summed E-state index contributed by atoms with van der Waals surface area (Å²) in [7, 11) is 0. The Morgan fingerprint density at radius 1 is 1.17 bits per heavy atom. The molecule has 158 valence electrons. The van der Waals surface area contributed by atoms with E-state index in [9.17, 15) is 4.79 Å². The first-order chi connectivity index (χ1) is 14.3. The number of benzene rings is 2. The molecule has 3 rings (SSSR count). The Labute approximate surface area is 180 Å². The standard InChI is InChI=1S/C26H33N3O/c1-6-14-29-24-15-19(2)22(16-23(24)20(3)17-26(29,4)5)18-27-28-25(30)13-12-21-10-8-7-9-11-21/h7-11,15-18H,6,12-14H2,1-5H3,(H,28,30)/b27-18+. The normalized spacial score (nSPS) is 15.1. The van der Waals surface area contributed by atoms with Gasteiger partial charge in [0.2, 0.25) is 5.91 Å². The summed E-state index contributed by atoms with van der Waals surface area (Å²) in [5.74, 6) is -0.0716.